The van der Waals surface area contributed by atoms with Gasteiger partial charge in [-0.25, -0.2) is 4.79 Å². The van der Waals surface area contributed by atoms with Gasteiger partial charge in [0.25, 0.3) is 0 Å². The van der Waals surface area contributed by atoms with Gasteiger partial charge in [0, 0.05) is 17.4 Å². The van der Waals surface area contributed by atoms with Gasteiger partial charge in [0.1, 0.15) is 0 Å². The molecule has 0 bridgehead atoms. The number of nitrogens with zero attached hydrogens (tertiary/aromatic N) is 2. The van der Waals surface area contributed by atoms with Crippen molar-refractivity contribution in [2.24, 2.45) is 0 Å². The third-order valence-corrected chi connectivity index (χ3v) is 3.17. The third kappa shape index (κ3) is 3.32. The minimum atomic E-state index is -0.360. The molecule has 0 amide bonds. The van der Waals surface area contributed by atoms with Crippen LogP contribution in [0.5, 0.6) is 0 Å². The lowest BCUT2D eigenvalue weighted by molar-refractivity contribution is 0.445. The summed E-state index contributed by atoms with van der Waals surface area (Å²) in [6.45, 7) is 2.51. The highest BCUT2D eigenvalue weighted by Crippen LogP contribution is 2.13. The lowest BCUT2D eigenvalue weighted by Crippen LogP contribution is -2.16. The summed E-state index contributed by atoms with van der Waals surface area (Å²) in [6, 6.07) is 8.17. The Bertz CT molecular complexity index is 574. The first-order chi connectivity index (χ1) is 8.69. The van der Waals surface area contributed by atoms with Crippen LogP contribution in [-0.2, 0) is 19.4 Å². The molecule has 0 aliphatic carbocycles. The second kappa shape index (κ2) is 6.00. The van der Waals surface area contributed by atoms with E-state index in [4.69, 9.17) is 4.42 Å². The highest BCUT2D eigenvalue weighted by Gasteiger charge is 2.05. The quantitative estimate of drug-likeness (QED) is 0.853. The third-order valence-electron chi connectivity index (χ3n) is 2.67. The van der Waals surface area contributed by atoms with Crippen LogP contribution in [0.4, 0.5) is 0 Å². The maximum Gasteiger partial charge on any atom is 0.437 e. The van der Waals surface area contributed by atoms with Crippen LogP contribution in [-0.4, -0.2) is 9.78 Å². The monoisotopic (exact) mass is 310 g/mol. The molecule has 0 aliphatic heterocycles. The molecule has 0 saturated heterocycles. The van der Waals surface area contributed by atoms with Crippen molar-refractivity contribution in [1.29, 1.82) is 0 Å². The van der Waals surface area contributed by atoms with E-state index >= 15 is 0 Å². The van der Waals surface area contributed by atoms with Gasteiger partial charge in [-0.05, 0) is 30.5 Å². The molecule has 96 valence electrons. The average Bonchev–Trinajstić information content (AvgIpc) is 2.71. The Balaban J connectivity index is 1.92. The summed E-state index contributed by atoms with van der Waals surface area (Å²) in [6.07, 6.45) is 2.43. The maximum absolute atomic E-state index is 11.4. The minimum absolute atomic E-state index is 0.360. The number of rotatable bonds is 5. The smallest absolute Gasteiger partial charge is 0.392 e. The first kappa shape index (κ1) is 13.1. The van der Waals surface area contributed by atoms with Crippen molar-refractivity contribution in [1.82, 2.24) is 9.78 Å². The predicted octanol–water partition coefficient (Wildman–Crippen LogP) is 2.79. The zero-order valence-electron chi connectivity index (χ0n) is 10.2. The van der Waals surface area contributed by atoms with Gasteiger partial charge in [0.05, 0.1) is 0 Å². The maximum atomic E-state index is 11.4. The van der Waals surface area contributed by atoms with E-state index < -0.39 is 0 Å². The molecule has 0 saturated carbocycles. The average molecular weight is 311 g/mol. The van der Waals surface area contributed by atoms with Gasteiger partial charge < -0.3 is 4.42 Å². The number of aromatic nitrogens is 2. The van der Waals surface area contributed by atoms with Gasteiger partial charge in [-0.15, -0.1) is 5.10 Å². The second-order valence-electron chi connectivity index (χ2n) is 4.07. The largest absolute Gasteiger partial charge is 0.437 e. The molecule has 0 spiro atoms. The first-order valence-corrected chi connectivity index (χ1v) is 6.79. The summed E-state index contributed by atoms with van der Waals surface area (Å²) in [4.78, 5) is 11.4. The van der Waals surface area contributed by atoms with Crippen LogP contribution < -0.4 is 5.76 Å². The zero-order chi connectivity index (χ0) is 13.0. The number of aryl methyl sites for hydroxylation is 3. The molecule has 0 N–H and O–H groups in total. The van der Waals surface area contributed by atoms with E-state index in [1.54, 1.807) is 0 Å². The fraction of sp³-hybridized carbons (Fsp3) is 0.385. The molecule has 1 heterocycles. The van der Waals surface area contributed by atoms with Crippen molar-refractivity contribution in [3.8, 4) is 0 Å². The van der Waals surface area contributed by atoms with Gasteiger partial charge in [-0.3, -0.25) is 0 Å². The van der Waals surface area contributed by atoms with Crippen molar-refractivity contribution in [3.63, 3.8) is 0 Å². The van der Waals surface area contributed by atoms with Crippen molar-refractivity contribution in [3.05, 3.63) is 50.7 Å². The number of hydrogen-bond donors (Lipinski definition) is 0. The number of benzene rings is 1. The molecular formula is C13H15BrN2O2. The van der Waals surface area contributed by atoms with Crippen LogP contribution in [0.25, 0.3) is 0 Å². The normalized spacial score (nSPS) is 10.8. The molecule has 0 aliphatic rings. The summed E-state index contributed by atoms with van der Waals surface area (Å²) in [5.41, 5.74) is 1.25. The Hall–Kier alpha value is -1.36. The molecule has 0 atom stereocenters. The molecule has 2 aromatic rings. The van der Waals surface area contributed by atoms with E-state index in [-0.39, 0.29) is 5.76 Å². The van der Waals surface area contributed by atoms with Crippen molar-refractivity contribution >= 4 is 15.9 Å². The topological polar surface area (TPSA) is 48.0 Å². The second-order valence-corrected chi connectivity index (χ2v) is 4.99. The van der Waals surface area contributed by atoms with E-state index in [9.17, 15) is 4.79 Å². The fourth-order valence-corrected chi connectivity index (χ4v) is 2.21. The standard InChI is InChI=1S/C13H15BrN2O2/c1-2-12-15-16(13(17)18-12)8-4-6-10-5-3-7-11(14)9-10/h3,5,7,9H,2,4,6,8H2,1H3. The Morgan fingerprint density at radius 1 is 1.44 bits per heavy atom. The molecule has 18 heavy (non-hydrogen) atoms. The SMILES string of the molecule is CCc1nn(CCCc2cccc(Br)c2)c(=O)o1. The summed E-state index contributed by atoms with van der Waals surface area (Å²) in [5.74, 6) is 0.142. The van der Waals surface area contributed by atoms with E-state index in [0.29, 0.717) is 18.9 Å². The summed E-state index contributed by atoms with van der Waals surface area (Å²) < 4.78 is 7.45. The molecule has 2 rings (SSSR count). The van der Waals surface area contributed by atoms with Crippen molar-refractivity contribution < 1.29 is 4.42 Å². The minimum Gasteiger partial charge on any atom is -0.392 e. The molecule has 1 aromatic carbocycles. The van der Waals surface area contributed by atoms with Crippen LogP contribution in [0, 0.1) is 0 Å². The predicted molar refractivity (Wildman–Crippen MR) is 72.6 cm³/mol. The highest BCUT2D eigenvalue weighted by molar-refractivity contribution is 9.10. The van der Waals surface area contributed by atoms with E-state index in [1.807, 2.05) is 19.1 Å². The van der Waals surface area contributed by atoms with E-state index in [0.717, 1.165) is 17.3 Å². The van der Waals surface area contributed by atoms with Crippen LogP contribution in [0.15, 0.2) is 37.9 Å². The van der Waals surface area contributed by atoms with Crippen LogP contribution in [0.3, 0.4) is 0 Å². The van der Waals surface area contributed by atoms with E-state index in [1.165, 1.54) is 10.2 Å². The van der Waals surface area contributed by atoms with Crippen molar-refractivity contribution in [2.75, 3.05) is 0 Å². The Labute approximate surface area is 114 Å². The van der Waals surface area contributed by atoms with Crippen LogP contribution in [0.2, 0.25) is 0 Å². The fourth-order valence-electron chi connectivity index (χ4n) is 1.76. The summed E-state index contributed by atoms with van der Waals surface area (Å²) in [7, 11) is 0. The van der Waals surface area contributed by atoms with Gasteiger partial charge in [-0.2, -0.15) is 4.68 Å². The van der Waals surface area contributed by atoms with Crippen LogP contribution in [0.1, 0.15) is 24.8 Å². The van der Waals surface area contributed by atoms with E-state index in [2.05, 4.69) is 33.2 Å². The Morgan fingerprint density at radius 3 is 2.94 bits per heavy atom. The molecule has 4 nitrogen and oxygen atoms in total. The van der Waals surface area contributed by atoms with Gasteiger partial charge >= 0.3 is 5.76 Å². The van der Waals surface area contributed by atoms with Gasteiger partial charge in [-0.1, -0.05) is 35.0 Å². The van der Waals surface area contributed by atoms with Gasteiger partial charge in [0.2, 0.25) is 5.89 Å². The Kier molecular flexibility index (Phi) is 4.36. The molecule has 5 heteroatoms. The van der Waals surface area contributed by atoms with Gasteiger partial charge in [0.15, 0.2) is 0 Å². The first-order valence-electron chi connectivity index (χ1n) is 6.00. The van der Waals surface area contributed by atoms with Crippen molar-refractivity contribution in [2.45, 2.75) is 32.7 Å². The molecular weight excluding hydrogens is 296 g/mol. The lowest BCUT2D eigenvalue weighted by Gasteiger charge is -2.01. The summed E-state index contributed by atoms with van der Waals surface area (Å²) >= 11 is 3.44. The number of hydrogen-bond acceptors (Lipinski definition) is 3. The number of halogens is 1. The molecule has 1 aromatic heterocycles. The molecule has 0 unspecified atom stereocenters. The highest BCUT2D eigenvalue weighted by atomic mass is 79.9. The van der Waals surface area contributed by atoms with Crippen LogP contribution >= 0.6 is 15.9 Å². The molecule has 0 radical (unpaired) electrons. The Morgan fingerprint density at radius 2 is 2.28 bits per heavy atom. The molecule has 0 fully saturated rings. The lowest BCUT2D eigenvalue weighted by atomic mass is 10.1. The summed E-state index contributed by atoms with van der Waals surface area (Å²) in [5, 5.41) is 4.11. The zero-order valence-corrected chi connectivity index (χ0v) is 11.8.